The van der Waals surface area contributed by atoms with Gasteiger partial charge in [-0.1, -0.05) is 35.9 Å². The summed E-state index contributed by atoms with van der Waals surface area (Å²) in [5.74, 6) is 2.61. The van der Waals surface area contributed by atoms with Gasteiger partial charge in [0, 0.05) is 23.2 Å². The number of aliphatic hydroxyl groups excluding tert-OH is 1. The summed E-state index contributed by atoms with van der Waals surface area (Å²) >= 11 is 6.06. The number of para-hydroxylation sites is 1. The molecule has 1 heterocycles. The van der Waals surface area contributed by atoms with Crippen LogP contribution in [0.25, 0.3) is 10.8 Å². The van der Waals surface area contributed by atoms with Gasteiger partial charge < -0.3 is 28.8 Å². The van der Waals surface area contributed by atoms with Crippen LogP contribution in [0.15, 0.2) is 54.7 Å². The summed E-state index contributed by atoms with van der Waals surface area (Å²) in [6.45, 7) is 0. The van der Waals surface area contributed by atoms with Gasteiger partial charge in [-0.2, -0.15) is 0 Å². The molecule has 4 rings (SSSR count). The molecule has 1 atom stereocenters. The zero-order chi connectivity index (χ0) is 25.8. The van der Waals surface area contributed by atoms with Gasteiger partial charge in [-0.3, -0.25) is 4.98 Å². The lowest BCUT2D eigenvalue weighted by molar-refractivity contribution is 0.216. The smallest absolute Gasteiger partial charge is 0.204 e. The van der Waals surface area contributed by atoms with Crippen LogP contribution in [0.3, 0.4) is 0 Å². The van der Waals surface area contributed by atoms with E-state index in [-0.39, 0.29) is 0 Å². The van der Waals surface area contributed by atoms with Crippen molar-refractivity contribution in [2.24, 2.45) is 0 Å². The summed E-state index contributed by atoms with van der Waals surface area (Å²) in [5.41, 5.74) is 2.86. The predicted molar refractivity (Wildman–Crippen MR) is 139 cm³/mol. The third kappa shape index (κ3) is 4.59. The molecule has 7 nitrogen and oxygen atoms in total. The molecule has 1 N–H and O–H groups in total. The number of pyridine rings is 1. The molecule has 36 heavy (non-hydrogen) atoms. The van der Waals surface area contributed by atoms with E-state index in [2.05, 4.69) is 0 Å². The fraction of sp³-hybridized carbons (Fsp3) is 0.250. The van der Waals surface area contributed by atoms with Crippen LogP contribution in [0.4, 0.5) is 0 Å². The number of aliphatic hydroxyl groups is 1. The maximum atomic E-state index is 11.4. The van der Waals surface area contributed by atoms with Gasteiger partial charge in [0.15, 0.2) is 23.0 Å². The number of halogens is 1. The highest BCUT2D eigenvalue weighted by Crippen LogP contribution is 2.47. The Labute approximate surface area is 215 Å². The van der Waals surface area contributed by atoms with Crippen molar-refractivity contribution in [1.29, 1.82) is 0 Å². The molecule has 0 unspecified atom stereocenters. The molecule has 0 spiro atoms. The Bertz CT molecular complexity index is 1370. The summed E-state index contributed by atoms with van der Waals surface area (Å²) in [4.78, 5) is 4.71. The highest BCUT2D eigenvalue weighted by molar-refractivity contribution is 6.30. The van der Waals surface area contributed by atoms with Crippen LogP contribution in [0, 0.1) is 0 Å². The van der Waals surface area contributed by atoms with E-state index in [1.807, 2.05) is 24.3 Å². The molecule has 0 bridgehead atoms. The second-order valence-electron chi connectivity index (χ2n) is 8.02. The average molecular weight is 510 g/mol. The standard InChI is InChI=1S/C28H28ClNO6/c1-32-21-8-6-7-17(26(21)34-3)13-18-15-30-24(25(31)16-9-11-19(29)12-10-16)23-20(18)14-22(33-2)27(35-4)28(23)36-5/h6-12,14-15,25,31H,13H2,1-5H3/t25-/m0/s1. The van der Waals surface area contributed by atoms with Gasteiger partial charge in [-0.15, -0.1) is 0 Å². The molecule has 3 aromatic carbocycles. The Morgan fingerprint density at radius 1 is 0.778 bits per heavy atom. The Balaban J connectivity index is 1.98. The molecule has 0 fully saturated rings. The highest BCUT2D eigenvalue weighted by Gasteiger charge is 2.25. The van der Waals surface area contributed by atoms with Crippen LogP contribution in [-0.4, -0.2) is 45.6 Å². The van der Waals surface area contributed by atoms with Crippen LogP contribution < -0.4 is 23.7 Å². The van der Waals surface area contributed by atoms with E-state index < -0.39 is 6.10 Å². The fourth-order valence-electron chi connectivity index (χ4n) is 4.39. The second kappa shape index (κ2) is 10.9. The maximum Gasteiger partial charge on any atom is 0.204 e. The summed E-state index contributed by atoms with van der Waals surface area (Å²) in [6, 6.07) is 14.6. The third-order valence-corrected chi connectivity index (χ3v) is 6.35. The lowest BCUT2D eigenvalue weighted by Crippen LogP contribution is -2.07. The van der Waals surface area contributed by atoms with Gasteiger partial charge in [0.1, 0.15) is 6.10 Å². The summed E-state index contributed by atoms with van der Waals surface area (Å²) in [6.07, 6.45) is 1.21. The molecule has 0 aliphatic rings. The zero-order valence-electron chi connectivity index (χ0n) is 20.8. The predicted octanol–water partition coefficient (Wildman–Crippen LogP) is 5.60. The summed E-state index contributed by atoms with van der Waals surface area (Å²) in [5, 5.41) is 13.4. The van der Waals surface area contributed by atoms with Gasteiger partial charge in [-0.05, 0) is 40.8 Å². The number of fused-ring (bicyclic) bond motifs is 1. The first-order valence-electron chi connectivity index (χ1n) is 11.2. The lowest BCUT2D eigenvalue weighted by Gasteiger charge is -2.21. The number of methoxy groups -OCH3 is 5. The Morgan fingerprint density at radius 2 is 1.44 bits per heavy atom. The van der Waals surface area contributed by atoms with E-state index in [1.54, 1.807) is 66.0 Å². The van der Waals surface area contributed by atoms with E-state index in [0.29, 0.717) is 56.8 Å². The number of hydrogen-bond donors (Lipinski definition) is 1. The third-order valence-electron chi connectivity index (χ3n) is 6.10. The Morgan fingerprint density at radius 3 is 2.06 bits per heavy atom. The number of ether oxygens (including phenoxy) is 5. The molecule has 0 saturated carbocycles. The topological polar surface area (TPSA) is 79.3 Å². The van der Waals surface area contributed by atoms with E-state index >= 15 is 0 Å². The first-order valence-corrected chi connectivity index (χ1v) is 11.6. The monoisotopic (exact) mass is 509 g/mol. The molecular weight excluding hydrogens is 482 g/mol. The Hall–Kier alpha value is -3.68. The average Bonchev–Trinajstić information content (AvgIpc) is 2.91. The number of benzene rings is 3. The van der Waals surface area contributed by atoms with E-state index in [0.717, 1.165) is 16.5 Å². The van der Waals surface area contributed by atoms with Crippen LogP contribution in [-0.2, 0) is 6.42 Å². The van der Waals surface area contributed by atoms with Crippen molar-refractivity contribution in [3.05, 3.63) is 82.1 Å². The van der Waals surface area contributed by atoms with Crippen LogP contribution in [0.2, 0.25) is 5.02 Å². The van der Waals surface area contributed by atoms with Crippen molar-refractivity contribution < 1.29 is 28.8 Å². The molecule has 8 heteroatoms. The largest absolute Gasteiger partial charge is 0.493 e. The molecule has 0 amide bonds. The normalized spacial score (nSPS) is 11.8. The number of hydrogen-bond acceptors (Lipinski definition) is 7. The van der Waals surface area contributed by atoms with Crippen molar-refractivity contribution in [2.45, 2.75) is 12.5 Å². The van der Waals surface area contributed by atoms with Crippen molar-refractivity contribution >= 4 is 22.4 Å². The van der Waals surface area contributed by atoms with Gasteiger partial charge in [0.25, 0.3) is 0 Å². The molecular formula is C28H28ClNO6. The second-order valence-corrected chi connectivity index (χ2v) is 8.46. The zero-order valence-corrected chi connectivity index (χ0v) is 21.6. The van der Waals surface area contributed by atoms with Gasteiger partial charge in [-0.25, -0.2) is 0 Å². The first kappa shape index (κ1) is 25.4. The van der Waals surface area contributed by atoms with Gasteiger partial charge >= 0.3 is 0 Å². The first-order chi connectivity index (χ1) is 17.5. The van der Waals surface area contributed by atoms with Crippen molar-refractivity contribution in [3.63, 3.8) is 0 Å². The highest BCUT2D eigenvalue weighted by atomic mass is 35.5. The molecule has 0 aliphatic carbocycles. The Kier molecular flexibility index (Phi) is 7.72. The molecule has 0 aliphatic heterocycles. The minimum Gasteiger partial charge on any atom is -0.493 e. The van der Waals surface area contributed by atoms with E-state index in [4.69, 9.17) is 40.3 Å². The number of aromatic nitrogens is 1. The molecule has 1 aromatic heterocycles. The summed E-state index contributed by atoms with van der Waals surface area (Å²) < 4.78 is 28.2. The molecule has 0 saturated heterocycles. The molecule has 188 valence electrons. The quantitative estimate of drug-likeness (QED) is 0.314. The lowest BCUT2D eigenvalue weighted by atomic mass is 9.94. The number of nitrogens with zero attached hydrogens (tertiary/aromatic N) is 1. The van der Waals surface area contributed by atoms with Gasteiger partial charge in [0.2, 0.25) is 5.75 Å². The van der Waals surface area contributed by atoms with Crippen LogP contribution >= 0.6 is 11.6 Å². The minimum absolute atomic E-state index is 0.412. The van der Waals surface area contributed by atoms with Gasteiger partial charge in [0.05, 0.1) is 46.6 Å². The molecule has 4 aromatic rings. The minimum atomic E-state index is -1.03. The van der Waals surface area contributed by atoms with Crippen LogP contribution in [0.5, 0.6) is 28.7 Å². The van der Waals surface area contributed by atoms with Crippen molar-refractivity contribution in [2.75, 3.05) is 35.5 Å². The summed E-state index contributed by atoms with van der Waals surface area (Å²) in [7, 11) is 7.87. The van der Waals surface area contributed by atoms with E-state index in [9.17, 15) is 5.11 Å². The van der Waals surface area contributed by atoms with Crippen LogP contribution in [0.1, 0.15) is 28.5 Å². The number of rotatable bonds is 9. The maximum absolute atomic E-state index is 11.4. The van der Waals surface area contributed by atoms with Crippen molar-refractivity contribution in [3.8, 4) is 28.7 Å². The fourth-order valence-corrected chi connectivity index (χ4v) is 4.52. The molecule has 0 radical (unpaired) electrons. The van der Waals surface area contributed by atoms with Crippen molar-refractivity contribution in [1.82, 2.24) is 4.98 Å². The SMILES string of the molecule is COc1cccc(Cc2cnc([C@@H](O)c3ccc(Cl)cc3)c3c(OC)c(OC)c(OC)cc23)c1OC. The van der Waals surface area contributed by atoms with E-state index in [1.165, 1.54) is 0 Å².